The molecule has 3 aromatic rings. The minimum atomic E-state index is -0.286. The van der Waals surface area contributed by atoms with E-state index in [-0.39, 0.29) is 11.9 Å². The molecule has 0 fully saturated rings. The van der Waals surface area contributed by atoms with Crippen LogP contribution in [-0.2, 0) is 19.5 Å². The number of pyridine rings is 1. The molecule has 0 bridgehead atoms. The number of carbonyl (C=O) groups excluding carboxylic acids is 1. The van der Waals surface area contributed by atoms with Crippen molar-refractivity contribution >= 4 is 5.91 Å². The zero-order valence-electron chi connectivity index (χ0n) is 19.9. The lowest BCUT2D eigenvalue weighted by Gasteiger charge is -2.22. The Kier molecular flexibility index (Phi) is 7.27. The molecule has 3 heterocycles. The molecule has 34 heavy (non-hydrogen) atoms. The molecule has 10 heteroatoms. The van der Waals surface area contributed by atoms with Gasteiger partial charge in [0, 0.05) is 56.6 Å². The molecule has 1 amide bonds. The summed E-state index contributed by atoms with van der Waals surface area (Å²) in [7, 11) is 4.89. The Morgan fingerprint density at radius 3 is 2.53 bits per heavy atom. The highest BCUT2D eigenvalue weighted by molar-refractivity contribution is 5.94. The standard InChI is InChI=1S/C24H30N6O4/c1-16(26-24(31)17-6-5-8-25-14-17)23-28-27-22-7-9-29(10-11-30(22)23)15-18-12-20(33-3)21(34-4)13-19(18)32-2/h5-6,8,12-14,16H,7,9-11,15H2,1-4H3,(H,26,31)/t16-/m1/s1. The van der Waals surface area contributed by atoms with Crippen LogP contribution in [0.15, 0.2) is 36.7 Å². The third kappa shape index (κ3) is 4.96. The summed E-state index contributed by atoms with van der Waals surface area (Å²) in [6.45, 7) is 4.97. The Morgan fingerprint density at radius 2 is 1.82 bits per heavy atom. The van der Waals surface area contributed by atoms with Gasteiger partial charge in [-0.05, 0) is 25.1 Å². The molecule has 4 rings (SSSR count). The Bertz CT molecular complexity index is 1130. The number of ether oxygens (including phenoxy) is 3. The van der Waals surface area contributed by atoms with Gasteiger partial charge >= 0.3 is 0 Å². The molecule has 0 unspecified atom stereocenters. The van der Waals surface area contributed by atoms with E-state index in [1.807, 2.05) is 19.1 Å². The summed E-state index contributed by atoms with van der Waals surface area (Å²) in [5.41, 5.74) is 1.54. The predicted molar refractivity (Wildman–Crippen MR) is 125 cm³/mol. The van der Waals surface area contributed by atoms with Gasteiger partial charge in [-0.2, -0.15) is 0 Å². The lowest BCUT2D eigenvalue weighted by Crippen LogP contribution is -2.30. The molecule has 1 N–H and O–H groups in total. The van der Waals surface area contributed by atoms with E-state index in [1.54, 1.807) is 45.9 Å². The molecule has 1 atom stereocenters. The summed E-state index contributed by atoms with van der Waals surface area (Å²) in [5, 5.41) is 11.8. The molecule has 0 aliphatic carbocycles. The largest absolute Gasteiger partial charge is 0.496 e. The van der Waals surface area contributed by atoms with Gasteiger partial charge in [0.05, 0.1) is 32.9 Å². The number of methoxy groups -OCH3 is 3. The quantitative estimate of drug-likeness (QED) is 0.539. The number of nitrogens with one attached hydrogen (secondary N) is 1. The minimum Gasteiger partial charge on any atom is -0.496 e. The highest BCUT2D eigenvalue weighted by Crippen LogP contribution is 2.35. The van der Waals surface area contributed by atoms with Gasteiger partial charge in [0.2, 0.25) is 0 Å². The third-order valence-electron chi connectivity index (χ3n) is 5.99. The maximum atomic E-state index is 12.6. The average molecular weight is 467 g/mol. The van der Waals surface area contributed by atoms with Crippen LogP contribution in [0.25, 0.3) is 0 Å². The van der Waals surface area contributed by atoms with Crippen LogP contribution in [0.4, 0.5) is 0 Å². The first-order valence-corrected chi connectivity index (χ1v) is 11.2. The van der Waals surface area contributed by atoms with Gasteiger partial charge in [-0.15, -0.1) is 10.2 Å². The zero-order valence-corrected chi connectivity index (χ0v) is 19.9. The summed E-state index contributed by atoms with van der Waals surface area (Å²) < 4.78 is 18.6. The van der Waals surface area contributed by atoms with E-state index in [0.717, 1.165) is 49.0 Å². The number of benzene rings is 1. The van der Waals surface area contributed by atoms with Crippen molar-refractivity contribution in [1.82, 2.24) is 30.0 Å². The van der Waals surface area contributed by atoms with Crippen molar-refractivity contribution in [2.75, 3.05) is 34.4 Å². The van der Waals surface area contributed by atoms with E-state index in [1.165, 1.54) is 0 Å². The first-order chi connectivity index (χ1) is 16.5. The van der Waals surface area contributed by atoms with Gasteiger partial charge in [-0.25, -0.2) is 0 Å². The van der Waals surface area contributed by atoms with E-state index < -0.39 is 0 Å². The average Bonchev–Trinajstić information content (AvgIpc) is 3.18. The third-order valence-corrected chi connectivity index (χ3v) is 5.99. The van der Waals surface area contributed by atoms with Gasteiger partial charge in [-0.3, -0.25) is 14.7 Å². The zero-order chi connectivity index (χ0) is 24.1. The highest BCUT2D eigenvalue weighted by Gasteiger charge is 2.24. The monoisotopic (exact) mass is 466 g/mol. The second-order valence-corrected chi connectivity index (χ2v) is 8.11. The van der Waals surface area contributed by atoms with Crippen LogP contribution in [0.1, 0.15) is 40.5 Å². The summed E-state index contributed by atoms with van der Waals surface area (Å²) in [5.74, 6) is 3.54. The summed E-state index contributed by atoms with van der Waals surface area (Å²) >= 11 is 0. The van der Waals surface area contributed by atoms with Crippen molar-refractivity contribution in [3.05, 3.63) is 59.4 Å². The lowest BCUT2D eigenvalue weighted by molar-refractivity contribution is 0.0937. The number of hydrogen-bond acceptors (Lipinski definition) is 8. The van der Waals surface area contributed by atoms with Crippen LogP contribution in [0.2, 0.25) is 0 Å². The number of fused-ring (bicyclic) bond motifs is 1. The molecule has 0 spiro atoms. The smallest absolute Gasteiger partial charge is 0.253 e. The van der Waals surface area contributed by atoms with Crippen molar-refractivity contribution in [3.63, 3.8) is 0 Å². The molecule has 0 saturated carbocycles. The van der Waals surface area contributed by atoms with Crippen LogP contribution in [0, 0.1) is 0 Å². The van der Waals surface area contributed by atoms with Crippen LogP contribution in [0.3, 0.4) is 0 Å². The van der Waals surface area contributed by atoms with Gasteiger partial charge in [0.15, 0.2) is 17.3 Å². The van der Waals surface area contributed by atoms with E-state index in [2.05, 4.69) is 30.0 Å². The van der Waals surface area contributed by atoms with Gasteiger partial charge in [0.1, 0.15) is 11.6 Å². The predicted octanol–water partition coefficient (Wildman–Crippen LogP) is 2.25. The Hall–Kier alpha value is -3.66. The molecule has 1 aliphatic heterocycles. The fourth-order valence-electron chi connectivity index (χ4n) is 4.17. The Morgan fingerprint density at radius 1 is 1.06 bits per heavy atom. The van der Waals surface area contributed by atoms with E-state index in [9.17, 15) is 4.79 Å². The Labute approximate surface area is 198 Å². The fraction of sp³-hybridized carbons (Fsp3) is 0.417. The molecule has 10 nitrogen and oxygen atoms in total. The van der Waals surface area contributed by atoms with Crippen molar-refractivity contribution in [2.45, 2.75) is 32.5 Å². The van der Waals surface area contributed by atoms with Crippen LogP contribution < -0.4 is 19.5 Å². The van der Waals surface area contributed by atoms with Crippen molar-refractivity contribution in [3.8, 4) is 17.2 Å². The SMILES string of the molecule is COc1cc(OC)c(OC)cc1CN1CCc2nnc([C@@H](C)NC(=O)c3cccnc3)n2CC1. The number of nitrogens with zero attached hydrogens (tertiary/aromatic N) is 5. The summed E-state index contributed by atoms with van der Waals surface area (Å²) in [6, 6.07) is 7.01. The summed E-state index contributed by atoms with van der Waals surface area (Å²) in [4.78, 5) is 18.9. The molecule has 1 aliphatic rings. The van der Waals surface area contributed by atoms with Gasteiger partial charge in [-0.1, -0.05) is 0 Å². The normalized spacial score (nSPS) is 14.6. The lowest BCUT2D eigenvalue weighted by atomic mass is 10.1. The summed E-state index contributed by atoms with van der Waals surface area (Å²) in [6.07, 6.45) is 3.94. The van der Waals surface area contributed by atoms with Gasteiger partial charge in [0.25, 0.3) is 5.91 Å². The number of carbonyl (C=O) groups is 1. The fourth-order valence-corrected chi connectivity index (χ4v) is 4.17. The molecule has 1 aromatic carbocycles. The molecule has 0 saturated heterocycles. The van der Waals surface area contributed by atoms with E-state index in [0.29, 0.717) is 23.6 Å². The number of rotatable bonds is 8. The minimum absolute atomic E-state index is 0.186. The maximum Gasteiger partial charge on any atom is 0.253 e. The van der Waals surface area contributed by atoms with Crippen molar-refractivity contribution in [1.29, 1.82) is 0 Å². The first kappa shape index (κ1) is 23.5. The molecule has 2 aromatic heterocycles. The van der Waals surface area contributed by atoms with Crippen LogP contribution in [0.5, 0.6) is 17.2 Å². The van der Waals surface area contributed by atoms with Crippen LogP contribution >= 0.6 is 0 Å². The number of aromatic nitrogens is 4. The van der Waals surface area contributed by atoms with Crippen molar-refractivity contribution < 1.29 is 19.0 Å². The molecule has 180 valence electrons. The van der Waals surface area contributed by atoms with Crippen LogP contribution in [-0.4, -0.2) is 65.0 Å². The highest BCUT2D eigenvalue weighted by atomic mass is 16.5. The molecule has 0 radical (unpaired) electrons. The Balaban J connectivity index is 1.45. The van der Waals surface area contributed by atoms with Crippen molar-refractivity contribution in [2.24, 2.45) is 0 Å². The first-order valence-electron chi connectivity index (χ1n) is 11.2. The number of hydrogen-bond donors (Lipinski definition) is 1. The second-order valence-electron chi connectivity index (χ2n) is 8.11. The topological polar surface area (TPSA) is 104 Å². The number of amides is 1. The molecular formula is C24H30N6O4. The van der Waals surface area contributed by atoms with Gasteiger partial charge < -0.3 is 24.1 Å². The molecular weight excluding hydrogens is 436 g/mol. The maximum absolute atomic E-state index is 12.6. The van der Waals surface area contributed by atoms with E-state index >= 15 is 0 Å². The second kappa shape index (κ2) is 10.5. The van der Waals surface area contributed by atoms with E-state index in [4.69, 9.17) is 14.2 Å².